The van der Waals surface area contributed by atoms with E-state index in [9.17, 15) is 4.79 Å². The van der Waals surface area contributed by atoms with Crippen molar-refractivity contribution in [2.75, 3.05) is 26.2 Å². The Morgan fingerprint density at radius 1 is 1.17 bits per heavy atom. The van der Waals surface area contributed by atoms with Crippen LogP contribution in [0.5, 0.6) is 0 Å². The summed E-state index contributed by atoms with van der Waals surface area (Å²) in [7, 11) is 0. The molecule has 1 aromatic rings. The van der Waals surface area contributed by atoms with Crippen molar-refractivity contribution in [1.82, 2.24) is 4.90 Å². The lowest BCUT2D eigenvalue weighted by atomic mass is 10.0. The minimum absolute atomic E-state index is 0.144. The SMILES string of the molecule is CCN(CCO)CCC(=O)c1cc(C)cc(C)c1. The minimum Gasteiger partial charge on any atom is -0.395 e. The highest BCUT2D eigenvalue weighted by atomic mass is 16.3. The number of benzene rings is 1. The third kappa shape index (κ3) is 4.59. The fraction of sp³-hybridized carbons (Fsp3) is 0.533. The Morgan fingerprint density at radius 2 is 1.78 bits per heavy atom. The lowest BCUT2D eigenvalue weighted by Gasteiger charge is -2.18. The molecule has 0 amide bonds. The average molecular weight is 249 g/mol. The Kier molecular flexibility index (Phi) is 6.02. The van der Waals surface area contributed by atoms with Crippen LogP contribution in [0.1, 0.15) is 34.8 Å². The van der Waals surface area contributed by atoms with E-state index >= 15 is 0 Å². The van der Waals surface area contributed by atoms with Crippen molar-refractivity contribution in [2.24, 2.45) is 0 Å². The van der Waals surface area contributed by atoms with E-state index in [1.165, 1.54) is 0 Å². The number of ketones is 1. The number of hydrogen-bond donors (Lipinski definition) is 1. The molecule has 0 heterocycles. The Balaban J connectivity index is 2.59. The smallest absolute Gasteiger partial charge is 0.164 e. The summed E-state index contributed by atoms with van der Waals surface area (Å²) >= 11 is 0. The van der Waals surface area contributed by atoms with Crippen LogP contribution in [-0.4, -0.2) is 42.0 Å². The molecule has 0 unspecified atom stereocenters. The number of carbonyl (C=O) groups is 1. The summed E-state index contributed by atoms with van der Waals surface area (Å²) in [5.41, 5.74) is 3.05. The Morgan fingerprint density at radius 3 is 2.28 bits per heavy atom. The molecule has 0 fully saturated rings. The van der Waals surface area contributed by atoms with Gasteiger partial charge in [-0.05, 0) is 32.5 Å². The van der Waals surface area contributed by atoms with E-state index in [4.69, 9.17) is 5.11 Å². The van der Waals surface area contributed by atoms with E-state index in [1.807, 2.05) is 32.9 Å². The number of aliphatic hydroxyl groups excluding tert-OH is 1. The molecule has 0 aliphatic rings. The van der Waals surface area contributed by atoms with Gasteiger partial charge in [-0.1, -0.05) is 24.1 Å². The third-order valence-corrected chi connectivity index (χ3v) is 3.06. The normalized spacial score (nSPS) is 10.9. The van der Waals surface area contributed by atoms with Crippen molar-refractivity contribution in [1.29, 1.82) is 0 Å². The molecule has 18 heavy (non-hydrogen) atoms. The van der Waals surface area contributed by atoms with Crippen molar-refractivity contribution in [3.63, 3.8) is 0 Å². The lowest BCUT2D eigenvalue weighted by Crippen LogP contribution is -2.29. The highest BCUT2D eigenvalue weighted by Crippen LogP contribution is 2.11. The van der Waals surface area contributed by atoms with Crippen LogP contribution in [0.25, 0.3) is 0 Å². The van der Waals surface area contributed by atoms with Crippen LogP contribution in [-0.2, 0) is 0 Å². The van der Waals surface area contributed by atoms with Gasteiger partial charge < -0.3 is 10.0 Å². The molecule has 0 saturated carbocycles. The van der Waals surface area contributed by atoms with Gasteiger partial charge in [-0.2, -0.15) is 0 Å². The Bertz CT molecular complexity index is 381. The largest absolute Gasteiger partial charge is 0.395 e. The van der Waals surface area contributed by atoms with Gasteiger partial charge in [-0.15, -0.1) is 0 Å². The predicted molar refractivity (Wildman–Crippen MR) is 74.1 cm³/mol. The number of rotatable bonds is 7. The highest BCUT2D eigenvalue weighted by Gasteiger charge is 2.09. The highest BCUT2D eigenvalue weighted by molar-refractivity contribution is 5.96. The topological polar surface area (TPSA) is 40.5 Å². The van der Waals surface area contributed by atoms with Crippen molar-refractivity contribution in [3.8, 4) is 0 Å². The molecular formula is C15H23NO2. The zero-order valence-corrected chi connectivity index (χ0v) is 11.6. The molecule has 0 radical (unpaired) electrons. The fourth-order valence-electron chi connectivity index (χ4n) is 2.11. The van der Waals surface area contributed by atoms with Gasteiger partial charge in [0.2, 0.25) is 0 Å². The standard InChI is InChI=1S/C15H23NO2/c1-4-16(7-8-17)6-5-15(18)14-10-12(2)9-13(3)11-14/h9-11,17H,4-8H2,1-3H3. The van der Waals surface area contributed by atoms with E-state index in [0.29, 0.717) is 19.5 Å². The Labute approximate surface area is 109 Å². The Hall–Kier alpha value is -1.19. The van der Waals surface area contributed by atoms with Crippen LogP contribution in [0.4, 0.5) is 0 Å². The second-order valence-electron chi connectivity index (χ2n) is 4.71. The summed E-state index contributed by atoms with van der Waals surface area (Å²) in [6.07, 6.45) is 0.511. The molecule has 3 nitrogen and oxygen atoms in total. The van der Waals surface area contributed by atoms with E-state index in [-0.39, 0.29) is 12.4 Å². The first-order chi connectivity index (χ1) is 8.56. The number of aliphatic hydroxyl groups is 1. The second-order valence-corrected chi connectivity index (χ2v) is 4.71. The number of carbonyl (C=O) groups excluding carboxylic acids is 1. The molecule has 0 atom stereocenters. The molecule has 3 heteroatoms. The number of aryl methyl sites for hydroxylation is 2. The summed E-state index contributed by atoms with van der Waals surface area (Å²) < 4.78 is 0. The number of nitrogens with zero attached hydrogens (tertiary/aromatic N) is 1. The number of hydrogen-bond acceptors (Lipinski definition) is 3. The van der Waals surface area contributed by atoms with Gasteiger partial charge in [-0.3, -0.25) is 4.79 Å². The van der Waals surface area contributed by atoms with Crippen LogP contribution in [0.3, 0.4) is 0 Å². The summed E-state index contributed by atoms with van der Waals surface area (Å²) in [6, 6.07) is 5.95. The summed E-state index contributed by atoms with van der Waals surface area (Å²) in [6.45, 7) is 8.41. The molecule has 0 spiro atoms. The first-order valence-electron chi connectivity index (χ1n) is 6.51. The van der Waals surface area contributed by atoms with Gasteiger partial charge in [0.1, 0.15) is 0 Å². The van der Waals surface area contributed by atoms with Crippen LogP contribution in [0.15, 0.2) is 18.2 Å². The van der Waals surface area contributed by atoms with Crippen molar-refractivity contribution < 1.29 is 9.90 Å². The second kappa shape index (κ2) is 7.29. The lowest BCUT2D eigenvalue weighted by molar-refractivity contribution is 0.0959. The maximum atomic E-state index is 12.1. The first kappa shape index (κ1) is 14.9. The molecule has 100 valence electrons. The molecule has 1 rings (SSSR count). The number of Topliss-reactive ketones (excluding diaryl/α,β-unsaturated/α-hetero) is 1. The van der Waals surface area contributed by atoms with Crippen molar-refractivity contribution in [3.05, 3.63) is 34.9 Å². The van der Waals surface area contributed by atoms with E-state index in [1.54, 1.807) is 0 Å². The minimum atomic E-state index is 0.144. The van der Waals surface area contributed by atoms with E-state index in [0.717, 1.165) is 23.2 Å². The average Bonchev–Trinajstić information content (AvgIpc) is 2.32. The number of likely N-dealkylation sites (N-methyl/N-ethyl adjacent to an activating group) is 1. The van der Waals surface area contributed by atoms with Gasteiger partial charge in [0, 0.05) is 25.1 Å². The fourth-order valence-corrected chi connectivity index (χ4v) is 2.11. The van der Waals surface area contributed by atoms with Crippen LogP contribution < -0.4 is 0 Å². The monoisotopic (exact) mass is 249 g/mol. The molecule has 0 aliphatic heterocycles. The maximum Gasteiger partial charge on any atom is 0.164 e. The van der Waals surface area contributed by atoms with E-state index in [2.05, 4.69) is 11.0 Å². The third-order valence-electron chi connectivity index (χ3n) is 3.06. The van der Waals surface area contributed by atoms with Crippen LogP contribution >= 0.6 is 0 Å². The molecule has 0 aromatic heterocycles. The van der Waals surface area contributed by atoms with Gasteiger partial charge in [0.25, 0.3) is 0 Å². The van der Waals surface area contributed by atoms with Crippen LogP contribution in [0, 0.1) is 13.8 Å². The van der Waals surface area contributed by atoms with Gasteiger partial charge >= 0.3 is 0 Å². The van der Waals surface area contributed by atoms with Crippen molar-refractivity contribution in [2.45, 2.75) is 27.2 Å². The molecule has 0 saturated heterocycles. The van der Waals surface area contributed by atoms with Gasteiger partial charge in [0.15, 0.2) is 5.78 Å². The zero-order valence-electron chi connectivity index (χ0n) is 11.6. The van der Waals surface area contributed by atoms with Gasteiger partial charge in [-0.25, -0.2) is 0 Å². The van der Waals surface area contributed by atoms with Crippen LogP contribution in [0.2, 0.25) is 0 Å². The van der Waals surface area contributed by atoms with Gasteiger partial charge in [0.05, 0.1) is 6.61 Å². The molecule has 1 N–H and O–H groups in total. The zero-order chi connectivity index (χ0) is 13.5. The first-order valence-corrected chi connectivity index (χ1v) is 6.51. The quantitative estimate of drug-likeness (QED) is 0.753. The van der Waals surface area contributed by atoms with Crippen molar-refractivity contribution >= 4 is 5.78 Å². The summed E-state index contributed by atoms with van der Waals surface area (Å²) in [4.78, 5) is 14.2. The molecule has 1 aromatic carbocycles. The molecular weight excluding hydrogens is 226 g/mol. The predicted octanol–water partition coefficient (Wildman–Crippen LogP) is 2.19. The molecule has 0 aliphatic carbocycles. The molecule has 0 bridgehead atoms. The van der Waals surface area contributed by atoms with E-state index < -0.39 is 0 Å². The summed E-state index contributed by atoms with van der Waals surface area (Å²) in [5.74, 6) is 0.179. The maximum absolute atomic E-state index is 12.1. The summed E-state index contributed by atoms with van der Waals surface area (Å²) in [5, 5.41) is 8.90.